The van der Waals surface area contributed by atoms with Gasteiger partial charge in [0.25, 0.3) is 0 Å². The molecule has 0 saturated carbocycles. The van der Waals surface area contributed by atoms with E-state index in [-0.39, 0.29) is 0 Å². The highest BCUT2D eigenvalue weighted by molar-refractivity contribution is 5.94. The van der Waals surface area contributed by atoms with E-state index >= 15 is 0 Å². The lowest BCUT2D eigenvalue weighted by Gasteiger charge is -2.36. The van der Waals surface area contributed by atoms with Crippen LogP contribution in [0.3, 0.4) is 0 Å². The number of aliphatic carboxylic acids is 2. The van der Waals surface area contributed by atoms with Crippen LogP contribution in [-0.4, -0.2) is 74.6 Å². The van der Waals surface area contributed by atoms with Crippen molar-refractivity contribution in [3.63, 3.8) is 0 Å². The van der Waals surface area contributed by atoms with Crippen LogP contribution < -0.4 is 4.74 Å². The van der Waals surface area contributed by atoms with Crippen LogP contribution in [0.1, 0.15) is 25.7 Å². The summed E-state index contributed by atoms with van der Waals surface area (Å²) in [5.41, 5.74) is 3.28. The number of hydrogen-bond acceptors (Lipinski definition) is 5. The maximum absolute atomic E-state index is 10.6. The predicted molar refractivity (Wildman–Crippen MR) is 127 cm³/mol. The average molecular weight is 561 g/mol. The number of nitrogens with zero attached hydrogens (tertiary/aromatic N) is 2. The number of aromatic nitrogens is 2. The van der Waals surface area contributed by atoms with Gasteiger partial charge in [-0.05, 0) is 57.0 Å². The van der Waals surface area contributed by atoms with E-state index in [0.29, 0.717) is 18.2 Å². The summed E-state index contributed by atoms with van der Waals surface area (Å²) in [5, 5.41) is 15.5. The maximum atomic E-state index is 10.6. The Bertz CT molecular complexity index is 1240. The zero-order valence-corrected chi connectivity index (χ0v) is 20.5. The minimum Gasteiger partial charge on any atom is -0.489 e. The number of ether oxygens (including phenoxy) is 1. The molecule has 2 fully saturated rings. The molecule has 2 unspecified atom stereocenters. The molecule has 1 aromatic carbocycles. The molecule has 0 radical (unpaired) electrons. The number of carbonyl (C=O) groups is 2. The van der Waals surface area contributed by atoms with Gasteiger partial charge in [-0.2, -0.15) is 26.3 Å². The molecule has 2 aromatic heterocycles. The van der Waals surface area contributed by atoms with Crippen molar-refractivity contribution in [2.45, 2.75) is 56.2 Å². The lowest BCUT2D eigenvalue weighted by atomic mass is 10.0. The highest BCUT2D eigenvalue weighted by atomic mass is 19.4. The number of hydrogen-bond donors (Lipinski definition) is 3. The fraction of sp³-hybridized carbons (Fsp3) is 0.400. The van der Waals surface area contributed by atoms with Crippen molar-refractivity contribution in [2.24, 2.45) is 0 Å². The molecule has 2 aliphatic heterocycles. The smallest absolute Gasteiger partial charge is 0.489 e. The molecule has 0 amide bonds. The van der Waals surface area contributed by atoms with Gasteiger partial charge >= 0.3 is 24.3 Å². The number of benzene rings is 1. The highest BCUT2D eigenvalue weighted by Gasteiger charge is 2.40. The van der Waals surface area contributed by atoms with Crippen LogP contribution in [0.5, 0.6) is 5.75 Å². The number of aromatic amines is 1. The van der Waals surface area contributed by atoms with Crippen molar-refractivity contribution in [1.82, 2.24) is 14.9 Å². The first-order valence-corrected chi connectivity index (χ1v) is 11.7. The zero-order valence-electron chi connectivity index (χ0n) is 20.5. The fourth-order valence-electron chi connectivity index (χ4n) is 4.57. The molecule has 5 rings (SSSR count). The minimum atomic E-state index is -5.08. The Morgan fingerprint density at radius 3 is 2.00 bits per heavy atom. The van der Waals surface area contributed by atoms with Gasteiger partial charge in [0.1, 0.15) is 11.9 Å². The Balaban J connectivity index is 0.000000251. The largest absolute Gasteiger partial charge is 0.490 e. The van der Waals surface area contributed by atoms with Gasteiger partial charge in [-0.25, -0.2) is 9.59 Å². The second-order valence-corrected chi connectivity index (χ2v) is 8.99. The molecular formula is C25H25F6N3O5. The number of pyridine rings is 1. The topological polar surface area (TPSA) is 116 Å². The summed E-state index contributed by atoms with van der Waals surface area (Å²) >= 11 is 0. The van der Waals surface area contributed by atoms with E-state index in [2.05, 4.69) is 58.3 Å². The molecule has 2 bridgehead atoms. The Morgan fingerprint density at radius 1 is 0.949 bits per heavy atom. The summed E-state index contributed by atoms with van der Waals surface area (Å²) in [5.74, 6) is -4.63. The van der Waals surface area contributed by atoms with Gasteiger partial charge in [0.15, 0.2) is 0 Å². The van der Waals surface area contributed by atoms with Crippen LogP contribution in [0.15, 0.2) is 48.8 Å². The molecule has 8 nitrogen and oxygen atoms in total. The van der Waals surface area contributed by atoms with Crippen molar-refractivity contribution in [1.29, 1.82) is 0 Å². The second-order valence-electron chi connectivity index (χ2n) is 8.99. The molecule has 39 heavy (non-hydrogen) atoms. The lowest BCUT2D eigenvalue weighted by Crippen LogP contribution is -2.43. The van der Waals surface area contributed by atoms with E-state index in [9.17, 15) is 26.3 Å². The third kappa shape index (κ3) is 7.85. The molecule has 0 aliphatic carbocycles. The molecule has 3 aromatic rings. The minimum absolute atomic E-state index is 0.328. The van der Waals surface area contributed by atoms with Gasteiger partial charge in [0, 0.05) is 34.7 Å². The summed E-state index contributed by atoms with van der Waals surface area (Å²) in [6, 6.07) is 13.9. The highest BCUT2D eigenvalue weighted by Crippen LogP contribution is 2.36. The number of carboxylic acid groups (broad SMARTS) is 2. The van der Waals surface area contributed by atoms with Crippen LogP contribution >= 0.6 is 0 Å². The first-order valence-electron chi connectivity index (χ1n) is 11.7. The van der Waals surface area contributed by atoms with Crippen molar-refractivity contribution in [2.75, 3.05) is 7.05 Å². The van der Waals surface area contributed by atoms with E-state index in [4.69, 9.17) is 24.5 Å². The zero-order chi connectivity index (χ0) is 29.0. The maximum Gasteiger partial charge on any atom is 0.490 e. The summed E-state index contributed by atoms with van der Waals surface area (Å²) in [6.45, 7) is 0. The Hall–Kier alpha value is -3.81. The summed E-state index contributed by atoms with van der Waals surface area (Å²) in [6.07, 6.45) is -1.08. The van der Waals surface area contributed by atoms with E-state index in [1.165, 1.54) is 18.2 Å². The van der Waals surface area contributed by atoms with Crippen LogP contribution in [0.2, 0.25) is 0 Å². The number of carboxylic acids is 2. The molecule has 0 spiro atoms. The fourth-order valence-corrected chi connectivity index (χ4v) is 4.57. The Labute approximate surface area is 218 Å². The Kier molecular flexibility index (Phi) is 9.10. The van der Waals surface area contributed by atoms with E-state index in [1.54, 1.807) is 0 Å². The van der Waals surface area contributed by atoms with E-state index in [1.807, 2.05) is 12.4 Å². The van der Waals surface area contributed by atoms with Crippen LogP contribution in [0.4, 0.5) is 26.3 Å². The lowest BCUT2D eigenvalue weighted by molar-refractivity contribution is -0.193. The van der Waals surface area contributed by atoms with Gasteiger partial charge in [-0.15, -0.1) is 0 Å². The van der Waals surface area contributed by atoms with Crippen LogP contribution in [0.25, 0.3) is 22.2 Å². The molecule has 212 valence electrons. The number of rotatable bonds is 3. The molecule has 2 saturated heterocycles. The van der Waals surface area contributed by atoms with Crippen molar-refractivity contribution >= 4 is 22.8 Å². The Morgan fingerprint density at radius 2 is 1.51 bits per heavy atom. The monoisotopic (exact) mass is 561 g/mol. The quantitative estimate of drug-likeness (QED) is 0.362. The van der Waals surface area contributed by atoms with E-state index in [0.717, 1.165) is 35.4 Å². The van der Waals surface area contributed by atoms with Gasteiger partial charge in [-0.3, -0.25) is 4.98 Å². The van der Waals surface area contributed by atoms with Gasteiger partial charge in [0.05, 0.1) is 11.9 Å². The number of H-pyrrole nitrogens is 1. The van der Waals surface area contributed by atoms with Crippen molar-refractivity contribution < 1.29 is 50.9 Å². The first kappa shape index (κ1) is 29.7. The predicted octanol–water partition coefficient (Wildman–Crippen LogP) is 5.50. The standard InChI is InChI=1S/C21H23N3O.2C2HF3O2/c1-24-14-5-6-15(24)12-17(11-14)25-16-7-8-21(23-13-16)18-3-2-4-20-19(18)9-10-22-20;2*3-2(4,5)1(6)7/h2-4,7-10,13-15,17,22H,5-6,11-12H2,1H3;2*(H,6,7). The molecule has 2 aliphatic rings. The summed E-state index contributed by atoms with van der Waals surface area (Å²) < 4.78 is 69.7. The average Bonchev–Trinajstić information content (AvgIpc) is 3.40. The van der Waals surface area contributed by atoms with Crippen LogP contribution in [0, 0.1) is 0 Å². The van der Waals surface area contributed by atoms with Gasteiger partial charge in [-0.1, -0.05) is 12.1 Å². The number of piperidine rings is 1. The molecule has 3 N–H and O–H groups in total. The summed E-state index contributed by atoms with van der Waals surface area (Å²) in [4.78, 5) is 28.3. The molecule has 4 heterocycles. The summed E-state index contributed by atoms with van der Waals surface area (Å²) in [7, 11) is 2.26. The molecule has 14 heteroatoms. The van der Waals surface area contributed by atoms with E-state index < -0.39 is 24.3 Å². The third-order valence-electron chi connectivity index (χ3n) is 6.45. The number of halogens is 6. The van der Waals surface area contributed by atoms with Gasteiger partial charge in [0.2, 0.25) is 0 Å². The molecular weight excluding hydrogens is 536 g/mol. The number of alkyl halides is 6. The second kappa shape index (κ2) is 11.9. The SMILES string of the molecule is CN1C2CCC1CC(Oc1ccc(-c3cccc4[nH]ccc34)nc1)C2.O=C(O)C(F)(F)F.O=C(O)C(F)(F)F. The number of fused-ring (bicyclic) bond motifs is 3. The first-order chi connectivity index (χ1) is 18.2. The number of nitrogens with one attached hydrogen (secondary N) is 1. The van der Waals surface area contributed by atoms with Crippen molar-refractivity contribution in [3.05, 3.63) is 48.8 Å². The third-order valence-corrected chi connectivity index (χ3v) is 6.45. The normalized spacial score (nSPS) is 20.8. The van der Waals surface area contributed by atoms with Gasteiger partial charge < -0.3 is 24.8 Å². The molecule has 2 atom stereocenters. The van der Waals surface area contributed by atoms with Crippen LogP contribution in [-0.2, 0) is 9.59 Å². The van der Waals surface area contributed by atoms with Crippen molar-refractivity contribution in [3.8, 4) is 17.0 Å².